The average Bonchev–Trinajstić information content (AvgIpc) is 3.23. The number of carbonyl (C=O) groups excluding carboxylic acids is 2. The van der Waals surface area contributed by atoms with E-state index in [0.29, 0.717) is 5.69 Å². The number of ether oxygens (including phenoxy) is 1. The zero-order valence-electron chi connectivity index (χ0n) is 20.5. The minimum Gasteiger partial charge on any atom is -0.465 e. The van der Waals surface area contributed by atoms with Gasteiger partial charge in [-0.1, -0.05) is 30.3 Å². The highest BCUT2D eigenvalue weighted by Crippen LogP contribution is 2.32. The molecule has 14 heteroatoms. The van der Waals surface area contributed by atoms with E-state index in [4.69, 9.17) is 4.74 Å². The van der Waals surface area contributed by atoms with Crippen molar-refractivity contribution in [2.45, 2.75) is 27.3 Å². The number of thiazole rings is 1. The van der Waals surface area contributed by atoms with E-state index in [-0.39, 0.29) is 30.4 Å². The number of amides is 1. The van der Waals surface area contributed by atoms with Crippen LogP contribution in [0.2, 0.25) is 0 Å². The highest BCUT2D eigenvalue weighted by molar-refractivity contribution is 7.81. The summed E-state index contributed by atoms with van der Waals surface area (Å²) in [6.07, 6.45) is 1.25. The first-order chi connectivity index (χ1) is 17.6. The summed E-state index contributed by atoms with van der Waals surface area (Å²) in [7, 11) is 0. The summed E-state index contributed by atoms with van der Waals surface area (Å²) in [5.74, 6) is -1.29. The fraction of sp³-hybridized carbons (Fsp3) is 0.348. The molecule has 0 fully saturated rings. The molecule has 2 N–H and O–H groups in total. The first-order valence-corrected chi connectivity index (χ1v) is 13.1. The summed E-state index contributed by atoms with van der Waals surface area (Å²) >= 11 is -1.24. The molecule has 0 aliphatic heterocycles. The number of aryl methyl sites for hydroxylation is 2. The molecule has 1 atom stereocenters. The molecule has 198 valence electrons. The molecule has 0 aliphatic rings. The molecule has 1 amide bonds. The third kappa shape index (κ3) is 7.21. The maximum atomic E-state index is 13.1. The zero-order chi connectivity index (χ0) is 27.1. The van der Waals surface area contributed by atoms with Gasteiger partial charge in [0.15, 0.2) is 5.13 Å². The van der Waals surface area contributed by atoms with Crippen molar-refractivity contribution in [3.8, 4) is 11.3 Å². The summed E-state index contributed by atoms with van der Waals surface area (Å²) in [5, 5.41) is 0.271. The summed E-state index contributed by atoms with van der Waals surface area (Å²) in [6.45, 7) is 3.92. The lowest BCUT2D eigenvalue weighted by molar-refractivity contribution is -0.149. The minimum absolute atomic E-state index is 0.104. The molecule has 0 radical (unpaired) electrons. The number of hydrogen-bond acceptors (Lipinski definition) is 8. The first-order valence-electron chi connectivity index (χ1n) is 11.3. The Morgan fingerprint density at radius 3 is 2.54 bits per heavy atom. The van der Waals surface area contributed by atoms with Gasteiger partial charge in [-0.05, 0) is 20.8 Å². The SMILES string of the molecule is CCOC(=O)CN(CCN(c1nc(-c2ccccc2)c(C)s1)S(=O)O)C(=O)Cn1cc(C)c(=O)[nH]c1=O. The Morgan fingerprint density at radius 2 is 1.89 bits per heavy atom. The third-order valence-electron chi connectivity index (χ3n) is 5.28. The number of hydrogen-bond donors (Lipinski definition) is 2. The van der Waals surface area contributed by atoms with Crippen LogP contribution in [-0.2, 0) is 32.1 Å². The Bertz CT molecular complexity index is 1400. The number of rotatable bonds is 11. The third-order valence-corrected chi connectivity index (χ3v) is 7.12. The van der Waals surface area contributed by atoms with Gasteiger partial charge in [0.25, 0.3) is 16.8 Å². The first kappa shape index (κ1) is 28.0. The van der Waals surface area contributed by atoms with Gasteiger partial charge in [0.05, 0.1) is 18.8 Å². The van der Waals surface area contributed by atoms with E-state index in [1.807, 2.05) is 37.3 Å². The molecule has 12 nitrogen and oxygen atoms in total. The number of aromatic nitrogens is 3. The van der Waals surface area contributed by atoms with Crippen molar-refractivity contribution in [2.24, 2.45) is 0 Å². The van der Waals surface area contributed by atoms with Gasteiger partial charge in [-0.2, -0.15) is 0 Å². The van der Waals surface area contributed by atoms with Gasteiger partial charge in [0.1, 0.15) is 13.1 Å². The molecule has 1 unspecified atom stereocenters. The second kappa shape index (κ2) is 12.6. The van der Waals surface area contributed by atoms with E-state index in [0.717, 1.165) is 24.2 Å². The van der Waals surface area contributed by atoms with Crippen molar-refractivity contribution in [3.05, 3.63) is 67.8 Å². The highest BCUT2D eigenvalue weighted by Gasteiger charge is 2.24. The number of nitrogens with zero attached hydrogens (tertiary/aromatic N) is 4. The fourth-order valence-corrected chi connectivity index (χ4v) is 5.02. The highest BCUT2D eigenvalue weighted by atomic mass is 32.2. The Labute approximate surface area is 218 Å². The van der Waals surface area contributed by atoms with Crippen LogP contribution in [0.3, 0.4) is 0 Å². The number of anilines is 1. The lowest BCUT2D eigenvalue weighted by atomic mass is 10.1. The van der Waals surface area contributed by atoms with Gasteiger partial charge in [-0.15, -0.1) is 11.3 Å². The summed E-state index contributed by atoms with van der Waals surface area (Å²) < 4.78 is 29.3. The maximum Gasteiger partial charge on any atom is 0.328 e. The molecule has 0 bridgehead atoms. The van der Waals surface area contributed by atoms with Crippen molar-refractivity contribution in [2.75, 3.05) is 30.5 Å². The van der Waals surface area contributed by atoms with Gasteiger partial charge >= 0.3 is 11.7 Å². The van der Waals surface area contributed by atoms with E-state index < -0.39 is 47.5 Å². The van der Waals surface area contributed by atoms with Crippen molar-refractivity contribution < 1.29 is 23.1 Å². The summed E-state index contributed by atoms with van der Waals surface area (Å²) in [6, 6.07) is 9.37. The van der Waals surface area contributed by atoms with Crippen LogP contribution in [0.15, 0.2) is 46.1 Å². The van der Waals surface area contributed by atoms with Crippen molar-refractivity contribution in [1.29, 1.82) is 0 Å². The molecular weight excluding hydrogens is 522 g/mol. The van der Waals surface area contributed by atoms with Gasteiger partial charge in [0.2, 0.25) is 5.91 Å². The Hall–Kier alpha value is -3.62. The zero-order valence-corrected chi connectivity index (χ0v) is 22.1. The number of carbonyl (C=O) groups is 2. The lowest BCUT2D eigenvalue weighted by Crippen LogP contribution is -2.45. The van der Waals surface area contributed by atoms with Crippen molar-refractivity contribution >= 4 is 39.6 Å². The monoisotopic (exact) mass is 549 g/mol. The van der Waals surface area contributed by atoms with Crippen LogP contribution in [0.25, 0.3) is 11.3 Å². The van der Waals surface area contributed by atoms with Crippen molar-refractivity contribution in [3.63, 3.8) is 0 Å². The van der Waals surface area contributed by atoms with Crippen LogP contribution in [0.4, 0.5) is 5.13 Å². The Balaban J connectivity index is 1.83. The summed E-state index contributed by atoms with van der Waals surface area (Å²) in [5.41, 5.74) is 0.423. The topological polar surface area (TPSA) is 155 Å². The van der Waals surface area contributed by atoms with Gasteiger partial charge in [-0.25, -0.2) is 18.3 Å². The standard InChI is InChI=1S/C23H27N5O7S2/c1-4-35-19(30)14-26(18(29)13-27-12-15(2)21(31)25-22(27)32)10-11-28(37(33)34)23-24-20(16(3)36-23)17-8-6-5-7-9-17/h5-9,12H,4,10-11,13-14H2,1-3H3,(H,33,34)(H,25,31,32). The van der Waals surface area contributed by atoms with Gasteiger partial charge in [0, 0.05) is 28.7 Å². The second-order valence-corrected chi connectivity index (χ2v) is 10.0. The lowest BCUT2D eigenvalue weighted by Gasteiger charge is -2.25. The molecule has 3 rings (SSSR count). The molecule has 3 aromatic rings. The molecular formula is C23H27N5O7S2. The Kier molecular flexibility index (Phi) is 9.49. The predicted molar refractivity (Wildman–Crippen MR) is 140 cm³/mol. The molecule has 37 heavy (non-hydrogen) atoms. The molecule has 0 aliphatic carbocycles. The Morgan fingerprint density at radius 1 is 1.19 bits per heavy atom. The van der Waals surface area contributed by atoms with E-state index >= 15 is 0 Å². The van der Waals surface area contributed by atoms with Crippen molar-refractivity contribution in [1.82, 2.24) is 19.4 Å². The van der Waals surface area contributed by atoms with E-state index in [9.17, 15) is 27.9 Å². The van der Waals surface area contributed by atoms with Crippen LogP contribution in [0.1, 0.15) is 17.4 Å². The van der Waals surface area contributed by atoms with E-state index in [1.165, 1.54) is 24.5 Å². The average molecular weight is 550 g/mol. The largest absolute Gasteiger partial charge is 0.465 e. The number of esters is 1. The molecule has 2 heterocycles. The summed E-state index contributed by atoms with van der Waals surface area (Å²) in [4.78, 5) is 57.6. The van der Waals surface area contributed by atoms with Crippen LogP contribution < -0.4 is 15.6 Å². The van der Waals surface area contributed by atoms with Crippen LogP contribution in [0.5, 0.6) is 0 Å². The smallest absolute Gasteiger partial charge is 0.328 e. The fourth-order valence-electron chi connectivity index (χ4n) is 3.44. The van der Waals surface area contributed by atoms with Crippen LogP contribution in [0, 0.1) is 13.8 Å². The van der Waals surface area contributed by atoms with E-state index in [2.05, 4.69) is 9.97 Å². The van der Waals surface area contributed by atoms with Gasteiger partial charge < -0.3 is 9.64 Å². The predicted octanol–water partition coefficient (Wildman–Crippen LogP) is 1.31. The quantitative estimate of drug-likeness (QED) is 0.268. The molecule has 2 aromatic heterocycles. The second-order valence-electron chi connectivity index (χ2n) is 7.92. The number of H-pyrrole nitrogens is 1. The molecule has 0 spiro atoms. The molecule has 0 saturated heterocycles. The number of aromatic amines is 1. The maximum absolute atomic E-state index is 13.1. The van der Waals surface area contributed by atoms with Crippen LogP contribution in [-0.4, -0.2) is 66.3 Å². The van der Waals surface area contributed by atoms with E-state index in [1.54, 1.807) is 6.92 Å². The van der Waals surface area contributed by atoms with Crippen LogP contribution >= 0.6 is 11.3 Å². The molecule has 1 aromatic carbocycles. The number of nitrogens with one attached hydrogen (secondary N) is 1. The number of benzene rings is 1. The molecule has 0 saturated carbocycles. The normalized spacial score (nSPS) is 11.7. The van der Waals surface area contributed by atoms with Gasteiger partial charge in [-0.3, -0.25) is 28.5 Å². The minimum atomic E-state index is -2.47.